The monoisotopic (exact) mass is 251 g/mol. The minimum Gasteiger partial charge on any atom is -0.256 e. The standard InChI is InChI=1S/C16H17NSi/c1-18(2,3)12-10-14-7-6-8-15(13-14)16-9-4-5-11-17-16/h4-9,11,13H,1-3H3. The van der Waals surface area contributed by atoms with Crippen molar-refractivity contribution in [3.63, 3.8) is 0 Å². The lowest BCUT2D eigenvalue weighted by Gasteiger charge is -2.04. The predicted molar refractivity (Wildman–Crippen MR) is 79.9 cm³/mol. The van der Waals surface area contributed by atoms with Crippen LogP contribution in [0, 0.1) is 11.5 Å². The van der Waals surface area contributed by atoms with E-state index in [1.807, 2.05) is 30.5 Å². The fourth-order valence-electron chi connectivity index (χ4n) is 1.55. The summed E-state index contributed by atoms with van der Waals surface area (Å²) in [7, 11) is -1.31. The first-order valence-electron chi connectivity index (χ1n) is 6.09. The Balaban J connectivity index is 2.34. The Morgan fingerprint density at radius 1 is 1.00 bits per heavy atom. The van der Waals surface area contributed by atoms with E-state index in [0.717, 1.165) is 16.8 Å². The van der Waals surface area contributed by atoms with Gasteiger partial charge in [0.25, 0.3) is 0 Å². The maximum atomic E-state index is 4.36. The summed E-state index contributed by atoms with van der Waals surface area (Å²) in [6.45, 7) is 6.76. The molecule has 2 rings (SSSR count). The van der Waals surface area contributed by atoms with Crippen molar-refractivity contribution in [1.29, 1.82) is 0 Å². The molecule has 0 aliphatic rings. The zero-order chi connectivity index (χ0) is 13.0. The highest BCUT2D eigenvalue weighted by atomic mass is 28.3. The van der Waals surface area contributed by atoms with Gasteiger partial charge in [-0.2, -0.15) is 0 Å². The third kappa shape index (κ3) is 3.58. The van der Waals surface area contributed by atoms with Crippen LogP contribution in [-0.2, 0) is 0 Å². The van der Waals surface area contributed by atoms with E-state index < -0.39 is 8.07 Å². The molecule has 0 aliphatic carbocycles. The van der Waals surface area contributed by atoms with E-state index >= 15 is 0 Å². The Labute approximate surface area is 110 Å². The topological polar surface area (TPSA) is 12.9 Å². The number of aromatic nitrogens is 1. The first-order valence-corrected chi connectivity index (χ1v) is 9.59. The molecule has 1 aromatic heterocycles. The highest BCUT2D eigenvalue weighted by molar-refractivity contribution is 6.83. The van der Waals surface area contributed by atoms with Crippen LogP contribution in [0.15, 0.2) is 48.7 Å². The lowest BCUT2D eigenvalue weighted by molar-refractivity contribution is 1.32. The highest BCUT2D eigenvalue weighted by Crippen LogP contribution is 2.17. The molecule has 2 aromatic rings. The zero-order valence-corrected chi connectivity index (χ0v) is 12.1. The maximum Gasteiger partial charge on any atom is 0.129 e. The fourth-order valence-corrected chi connectivity index (χ4v) is 2.07. The number of nitrogens with zero attached hydrogens (tertiary/aromatic N) is 1. The van der Waals surface area contributed by atoms with E-state index in [9.17, 15) is 0 Å². The molecule has 0 spiro atoms. The van der Waals surface area contributed by atoms with Crippen molar-refractivity contribution in [3.8, 4) is 22.7 Å². The minimum absolute atomic E-state index is 0.995. The second-order valence-electron chi connectivity index (χ2n) is 5.30. The second-order valence-corrected chi connectivity index (χ2v) is 10.0. The van der Waals surface area contributed by atoms with Crippen LogP contribution in [0.1, 0.15) is 5.56 Å². The average Bonchev–Trinajstić information content (AvgIpc) is 2.37. The van der Waals surface area contributed by atoms with Crippen molar-refractivity contribution in [1.82, 2.24) is 4.98 Å². The number of hydrogen-bond acceptors (Lipinski definition) is 1. The van der Waals surface area contributed by atoms with E-state index in [1.54, 1.807) is 0 Å². The summed E-state index contributed by atoms with van der Waals surface area (Å²) < 4.78 is 0. The largest absolute Gasteiger partial charge is 0.256 e. The Hall–Kier alpha value is -1.85. The van der Waals surface area contributed by atoms with E-state index in [1.165, 1.54) is 0 Å². The molecule has 0 atom stereocenters. The van der Waals surface area contributed by atoms with Crippen LogP contribution in [-0.4, -0.2) is 13.1 Å². The summed E-state index contributed by atoms with van der Waals surface area (Å²) in [6, 6.07) is 14.2. The van der Waals surface area contributed by atoms with Crippen molar-refractivity contribution < 1.29 is 0 Å². The zero-order valence-electron chi connectivity index (χ0n) is 11.1. The van der Waals surface area contributed by atoms with Crippen LogP contribution >= 0.6 is 0 Å². The lowest BCUT2D eigenvalue weighted by Crippen LogP contribution is -2.16. The van der Waals surface area contributed by atoms with Crippen LogP contribution in [0.3, 0.4) is 0 Å². The van der Waals surface area contributed by atoms with E-state index in [2.05, 4.69) is 54.3 Å². The van der Waals surface area contributed by atoms with Gasteiger partial charge in [0.1, 0.15) is 8.07 Å². The molecule has 1 heterocycles. The van der Waals surface area contributed by atoms with Crippen LogP contribution in [0.5, 0.6) is 0 Å². The quantitative estimate of drug-likeness (QED) is 0.552. The molecule has 0 bridgehead atoms. The number of hydrogen-bond donors (Lipinski definition) is 0. The fraction of sp³-hybridized carbons (Fsp3) is 0.188. The Bertz CT molecular complexity index is 586. The van der Waals surface area contributed by atoms with Crippen LogP contribution in [0.2, 0.25) is 19.6 Å². The van der Waals surface area contributed by atoms with E-state index in [0.29, 0.717) is 0 Å². The normalized spacial score (nSPS) is 10.6. The molecule has 1 nitrogen and oxygen atoms in total. The molecule has 0 aliphatic heterocycles. The van der Waals surface area contributed by atoms with Gasteiger partial charge in [-0.15, -0.1) is 5.54 Å². The van der Waals surface area contributed by atoms with Gasteiger partial charge in [0, 0.05) is 17.3 Å². The van der Waals surface area contributed by atoms with Crippen LogP contribution in [0.4, 0.5) is 0 Å². The Morgan fingerprint density at radius 2 is 1.83 bits per heavy atom. The molecular weight excluding hydrogens is 234 g/mol. The first-order chi connectivity index (χ1) is 8.54. The molecule has 0 amide bonds. The van der Waals surface area contributed by atoms with Crippen LogP contribution in [0.25, 0.3) is 11.3 Å². The van der Waals surface area contributed by atoms with Gasteiger partial charge in [-0.1, -0.05) is 43.8 Å². The summed E-state index contributed by atoms with van der Waals surface area (Å²) in [4.78, 5) is 4.36. The Morgan fingerprint density at radius 3 is 2.50 bits per heavy atom. The molecule has 1 aromatic carbocycles. The van der Waals surface area contributed by atoms with Gasteiger partial charge in [0.15, 0.2) is 0 Å². The summed E-state index contributed by atoms with van der Waals surface area (Å²) in [6.07, 6.45) is 1.82. The number of benzene rings is 1. The van der Waals surface area contributed by atoms with Crippen LogP contribution < -0.4 is 0 Å². The molecule has 2 heteroatoms. The van der Waals surface area contributed by atoms with Gasteiger partial charge >= 0.3 is 0 Å². The smallest absolute Gasteiger partial charge is 0.129 e. The van der Waals surface area contributed by atoms with Crippen molar-refractivity contribution in [3.05, 3.63) is 54.2 Å². The highest BCUT2D eigenvalue weighted by Gasteiger charge is 2.07. The first kappa shape index (κ1) is 12.6. The van der Waals surface area contributed by atoms with Crippen molar-refractivity contribution in [2.24, 2.45) is 0 Å². The molecule has 90 valence electrons. The molecule has 0 N–H and O–H groups in total. The summed E-state index contributed by atoms with van der Waals surface area (Å²) in [5, 5.41) is 0. The average molecular weight is 251 g/mol. The number of rotatable bonds is 1. The van der Waals surface area contributed by atoms with Gasteiger partial charge in [-0.3, -0.25) is 4.98 Å². The van der Waals surface area contributed by atoms with E-state index in [-0.39, 0.29) is 0 Å². The molecular formula is C16H17NSi. The minimum atomic E-state index is -1.31. The number of pyridine rings is 1. The van der Waals surface area contributed by atoms with Gasteiger partial charge in [-0.25, -0.2) is 0 Å². The second kappa shape index (κ2) is 5.20. The van der Waals surface area contributed by atoms with E-state index in [4.69, 9.17) is 0 Å². The van der Waals surface area contributed by atoms with Gasteiger partial charge in [0.05, 0.1) is 5.69 Å². The SMILES string of the molecule is C[Si](C)(C)C#Cc1cccc(-c2ccccn2)c1. The third-order valence-electron chi connectivity index (χ3n) is 2.41. The van der Waals surface area contributed by atoms with Gasteiger partial charge in [-0.05, 0) is 24.3 Å². The van der Waals surface area contributed by atoms with Crippen molar-refractivity contribution in [2.45, 2.75) is 19.6 Å². The van der Waals surface area contributed by atoms with Crippen molar-refractivity contribution in [2.75, 3.05) is 0 Å². The third-order valence-corrected chi connectivity index (χ3v) is 3.28. The molecule has 0 radical (unpaired) electrons. The summed E-state index contributed by atoms with van der Waals surface area (Å²) in [5.74, 6) is 3.28. The van der Waals surface area contributed by atoms with Gasteiger partial charge in [0.2, 0.25) is 0 Å². The predicted octanol–water partition coefficient (Wildman–Crippen LogP) is 3.98. The maximum absolute atomic E-state index is 4.36. The molecule has 0 fully saturated rings. The lowest BCUT2D eigenvalue weighted by atomic mass is 10.1. The molecule has 0 saturated carbocycles. The van der Waals surface area contributed by atoms with Gasteiger partial charge < -0.3 is 0 Å². The van der Waals surface area contributed by atoms with Crippen molar-refractivity contribution >= 4 is 8.07 Å². The summed E-state index contributed by atoms with van der Waals surface area (Å²) in [5.41, 5.74) is 6.57. The molecule has 0 saturated heterocycles. The Kier molecular flexibility index (Phi) is 3.64. The molecule has 0 unspecified atom stereocenters. The molecule has 18 heavy (non-hydrogen) atoms. The summed E-state index contributed by atoms with van der Waals surface area (Å²) >= 11 is 0.